The third-order valence-corrected chi connectivity index (χ3v) is 8.48. The van der Waals surface area contributed by atoms with E-state index in [0.717, 1.165) is 30.4 Å². The van der Waals surface area contributed by atoms with E-state index in [1.54, 1.807) is 0 Å². The van der Waals surface area contributed by atoms with Crippen LogP contribution in [0.2, 0.25) is 0 Å². The predicted molar refractivity (Wildman–Crippen MR) is 120 cm³/mol. The molecule has 0 radical (unpaired) electrons. The van der Waals surface area contributed by atoms with Crippen LogP contribution in [0, 0.1) is 39.9 Å². The van der Waals surface area contributed by atoms with Gasteiger partial charge in [0.05, 0.1) is 0 Å². The molecule has 0 amide bonds. The molecule has 2 fully saturated rings. The van der Waals surface area contributed by atoms with Crippen molar-refractivity contribution in [3.05, 3.63) is 47.6 Å². The number of carbonyl (C=O) groups excluding carboxylic acids is 1. The van der Waals surface area contributed by atoms with Gasteiger partial charge in [-0.2, -0.15) is 0 Å². The summed E-state index contributed by atoms with van der Waals surface area (Å²) < 4.78 is 0. The lowest BCUT2D eigenvalue weighted by Gasteiger charge is -2.43. The molecule has 4 unspecified atom stereocenters. The van der Waals surface area contributed by atoms with Gasteiger partial charge in [-0.25, -0.2) is 0 Å². The number of hydrogen-bond acceptors (Lipinski definition) is 1. The number of hydrogen-bond donors (Lipinski definition) is 0. The SMILES string of the molecule is C=C1C(C(=O)C(C)C)=CC23CC(C(C)C)C(C)(C)C2CC1(CC=C(C)C)C3=C. The van der Waals surface area contributed by atoms with E-state index in [9.17, 15) is 4.79 Å². The van der Waals surface area contributed by atoms with Crippen molar-refractivity contribution in [1.82, 2.24) is 0 Å². The van der Waals surface area contributed by atoms with E-state index in [1.807, 2.05) is 13.8 Å². The van der Waals surface area contributed by atoms with Gasteiger partial charge < -0.3 is 0 Å². The minimum atomic E-state index is -0.157. The maximum Gasteiger partial charge on any atom is 0.165 e. The Bertz CT molecular complexity index is 783. The van der Waals surface area contributed by atoms with Crippen LogP contribution in [0.1, 0.15) is 74.7 Å². The first-order valence-electron chi connectivity index (χ1n) is 11.1. The second-order valence-electron chi connectivity index (χ2n) is 11.3. The molecule has 2 bridgehead atoms. The summed E-state index contributed by atoms with van der Waals surface area (Å²) in [6, 6.07) is 0. The lowest BCUT2D eigenvalue weighted by Crippen LogP contribution is -2.34. The van der Waals surface area contributed by atoms with Gasteiger partial charge in [-0.05, 0) is 61.9 Å². The first kappa shape index (κ1) is 21.3. The molecule has 0 aromatic carbocycles. The van der Waals surface area contributed by atoms with Gasteiger partial charge in [-0.15, -0.1) is 0 Å². The lowest BCUT2D eigenvalue weighted by molar-refractivity contribution is -0.118. The molecule has 0 saturated heterocycles. The van der Waals surface area contributed by atoms with Crippen LogP contribution in [-0.4, -0.2) is 5.78 Å². The number of Topliss-reactive ketones (excluding diaryl/α,β-unsaturated/α-hetero) is 1. The van der Waals surface area contributed by atoms with Crippen LogP contribution in [0.4, 0.5) is 0 Å². The summed E-state index contributed by atoms with van der Waals surface area (Å²) in [7, 11) is 0. The average Bonchev–Trinajstić information content (AvgIpc) is 2.91. The number of rotatable bonds is 5. The van der Waals surface area contributed by atoms with Crippen LogP contribution in [0.15, 0.2) is 47.6 Å². The van der Waals surface area contributed by atoms with Crippen LogP contribution in [0.5, 0.6) is 0 Å². The highest BCUT2D eigenvalue weighted by atomic mass is 16.1. The van der Waals surface area contributed by atoms with E-state index in [4.69, 9.17) is 6.58 Å². The molecular weight excluding hydrogens is 340 g/mol. The van der Waals surface area contributed by atoms with Crippen molar-refractivity contribution in [3.8, 4) is 0 Å². The van der Waals surface area contributed by atoms with Gasteiger partial charge in [0.25, 0.3) is 0 Å². The fourth-order valence-electron chi connectivity index (χ4n) is 6.88. The summed E-state index contributed by atoms with van der Waals surface area (Å²) in [5, 5.41) is 0. The Morgan fingerprint density at radius 3 is 2.29 bits per heavy atom. The monoisotopic (exact) mass is 380 g/mol. The highest BCUT2D eigenvalue weighted by Crippen LogP contribution is 2.77. The highest BCUT2D eigenvalue weighted by molar-refractivity contribution is 6.02. The van der Waals surface area contributed by atoms with E-state index in [1.165, 1.54) is 11.1 Å². The summed E-state index contributed by atoms with van der Waals surface area (Å²) in [6.07, 6.45) is 7.80. The largest absolute Gasteiger partial charge is 0.294 e. The summed E-state index contributed by atoms with van der Waals surface area (Å²) in [6.45, 7) is 27.2. The van der Waals surface area contributed by atoms with Crippen molar-refractivity contribution in [3.63, 3.8) is 0 Å². The maximum absolute atomic E-state index is 13.2. The zero-order chi connectivity index (χ0) is 21.2. The third kappa shape index (κ3) is 2.68. The zero-order valence-electron chi connectivity index (χ0n) is 19.4. The normalized spacial score (nSPS) is 36.0. The molecule has 1 nitrogen and oxygen atoms in total. The molecule has 0 aromatic rings. The minimum Gasteiger partial charge on any atom is -0.294 e. The maximum atomic E-state index is 13.2. The van der Waals surface area contributed by atoms with Crippen molar-refractivity contribution >= 4 is 5.78 Å². The van der Waals surface area contributed by atoms with Crippen LogP contribution in [0.3, 0.4) is 0 Å². The number of fused-ring (bicyclic) bond motifs is 1. The second kappa shape index (κ2) is 6.57. The van der Waals surface area contributed by atoms with Crippen LogP contribution in [-0.2, 0) is 4.79 Å². The van der Waals surface area contributed by atoms with E-state index in [0.29, 0.717) is 17.8 Å². The molecule has 0 aliphatic heterocycles. The molecule has 3 rings (SSSR count). The predicted octanol–water partition coefficient (Wildman–Crippen LogP) is 7.32. The van der Waals surface area contributed by atoms with Gasteiger partial charge in [0.1, 0.15) is 0 Å². The Balaban J connectivity index is 2.23. The van der Waals surface area contributed by atoms with Gasteiger partial charge in [-0.1, -0.05) is 78.0 Å². The van der Waals surface area contributed by atoms with E-state index in [-0.39, 0.29) is 27.9 Å². The second-order valence-corrected chi connectivity index (χ2v) is 11.3. The van der Waals surface area contributed by atoms with Crippen LogP contribution >= 0.6 is 0 Å². The summed E-state index contributed by atoms with van der Waals surface area (Å²) in [5.74, 6) is 2.07. The van der Waals surface area contributed by atoms with Crippen molar-refractivity contribution in [1.29, 1.82) is 0 Å². The number of carbonyl (C=O) groups is 1. The zero-order valence-corrected chi connectivity index (χ0v) is 19.4. The first-order valence-corrected chi connectivity index (χ1v) is 11.1. The van der Waals surface area contributed by atoms with Gasteiger partial charge in [0.15, 0.2) is 5.78 Å². The van der Waals surface area contributed by atoms with Crippen molar-refractivity contribution in [2.24, 2.45) is 39.9 Å². The van der Waals surface area contributed by atoms with Crippen molar-refractivity contribution in [2.75, 3.05) is 0 Å². The molecule has 4 atom stereocenters. The number of ketones is 1. The van der Waals surface area contributed by atoms with Crippen LogP contribution < -0.4 is 0 Å². The average molecular weight is 381 g/mol. The standard InChI is InChI=1S/C27H40O/c1-16(2)11-12-26-15-23-25(9,10)22(17(3)4)14-27(23,20(26)8)13-21(19(26)7)24(28)18(5)6/h11,13,17-18,22-23H,7-8,12,14-15H2,1-6,9-10H3. The van der Waals surface area contributed by atoms with E-state index >= 15 is 0 Å². The number of allylic oxidation sites excluding steroid dienone is 6. The Morgan fingerprint density at radius 2 is 1.79 bits per heavy atom. The lowest BCUT2D eigenvalue weighted by atomic mass is 9.60. The fourth-order valence-corrected chi connectivity index (χ4v) is 6.88. The Labute approximate surface area is 173 Å². The third-order valence-electron chi connectivity index (χ3n) is 8.48. The molecule has 0 N–H and O–H groups in total. The summed E-state index contributed by atoms with van der Waals surface area (Å²) in [4.78, 5) is 13.2. The van der Waals surface area contributed by atoms with Crippen molar-refractivity contribution < 1.29 is 4.79 Å². The first-order chi connectivity index (χ1) is 12.8. The molecule has 1 spiro atoms. The molecular formula is C27H40O. The smallest absolute Gasteiger partial charge is 0.165 e. The quantitative estimate of drug-likeness (QED) is 0.457. The molecule has 28 heavy (non-hydrogen) atoms. The summed E-state index contributed by atoms with van der Waals surface area (Å²) in [5.41, 5.74) is 4.63. The molecule has 0 aromatic heterocycles. The summed E-state index contributed by atoms with van der Waals surface area (Å²) >= 11 is 0. The van der Waals surface area contributed by atoms with Crippen LogP contribution in [0.25, 0.3) is 0 Å². The van der Waals surface area contributed by atoms with Crippen molar-refractivity contribution in [2.45, 2.75) is 74.7 Å². The minimum absolute atomic E-state index is 0.000530. The van der Waals surface area contributed by atoms with Gasteiger partial charge >= 0.3 is 0 Å². The topological polar surface area (TPSA) is 17.1 Å². The molecule has 2 saturated carbocycles. The Kier molecular flexibility index (Phi) is 5.01. The Hall–Kier alpha value is -1.37. The van der Waals surface area contributed by atoms with E-state index in [2.05, 4.69) is 60.3 Å². The molecule has 3 aliphatic rings. The molecule has 154 valence electrons. The molecule has 1 heteroatoms. The van der Waals surface area contributed by atoms with Gasteiger partial charge in [-0.3, -0.25) is 4.79 Å². The van der Waals surface area contributed by atoms with E-state index < -0.39 is 0 Å². The van der Waals surface area contributed by atoms with Gasteiger partial charge in [0.2, 0.25) is 0 Å². The molecule has 0 heterocycles. The Morgan fingerprint density at radius 1 is 1.18 bits per heavy atom. The fraction of sp³-hybridized carbons (Fsp3) is 0.667. The van der Waals surface area contributed by atoms with Gasteiger partial charge in [0, 0.05) is 22.3 Å². The molecule has 3 aliphatic carbocycles. The highest BCUT2D eigenvalue weighted by Gasteiger charge is 2.69.